The number of likely N-dealkylation sites (tertiary alicyclic amines) is 1. The van der Waals surface area contributed by atoms with Crippen molar-refractivity contribution in [2.75, 3.05) is 33.9 Å². The van der Waals surface area contributed by atoms with Crippen LogP contribution in [0, 0.1) is 0 Å². The van der Waals surface area contributed by atoms with Gasteiger partial charge in [0.05, 0.1) is 25.3 Å². The summed E-state index contributed by atoms with van der Waals surface area (Å²) in [6.45, 7) is 1.97. The van der Waals surface area contributed by atoms with E-state index in [9.17, 15) is 9.59 Å². The molecule has 2 aromatic rings. The predicted octanol–water partition coefficient (Wildman–Crippen LogP) is 3.14. The Balaban J connectivity index is 1.49. The summed E-state index contributed by atoms with van der Waals surface area (Å²) in [6.07, 6.45) is 2.09. The smallest absolute Gasteiger partial charge is 0.261 e. The van der Waals surface area contributed by atoms with Crippen LogP contribution in [-0.2, 0) is 0 Å². The molecule has 6 nitrogen and oxygen atoms in total. The lowest BCUT2D eigenvalue weighted by Crippen LogP contribution is -2.38. The summed E-state index contributed by atoms with van der Waals surface area (Å²) in [5.74, 6) is 1.17. The molecule has 1 fully saturated rings. The van der Waals surface area contributed by atoms with Crippen molar-refractivity contribution in [2.45, 2.75) is 18.9 Å². The van der Waals surface area contributed by atoms with Crippen molar-refractivity contribution in [2.24, 2.45) is 0 Å². The number of nitrogens with zero attached hydrogens (tertiary/aromatic N) is 2. The Kier molecular flexibility index (Phi) is 5.05. The standard InChI is InChI=1S/C22H24N2O4/c1-27-15-9-10-18(20(14-15)28-2)19-8-5-11-23(19)12-13-24-21(25)16-6-3-4-7-17(16)22(24)26/h3-4,6-7,9-10,14,19H,5,8,11-13H2,1-2H3. The largest absolute Gasteiger partial charge is 0.497 e. The van der Waals surface area contributed by atoms with Crippen LogP contribution in [0.2, 0.25) is 0 Å². The van der Waals surface area contributed by atoms with Crippen LogP contribution in [-0.4, -0.2) is 55.5 Å². The van der Waals surface area contributed by atoms with E-state index >= 15 is 0 Å². The van der Waals surface area contributed by atoms with E-state index in [1.165, 1.54) is 4.90 Å². The van der Waals surface area contributed by atoms with Gasteiger partial charge in [0, 0.05) is 30.8 Å². The van der Waals surface area contributed by atoms with E-state index in [1.807, 2.05) is 18.2 Å². The van der Waals surface area contributed by atoms with E-state index in [-0.39, 0.29) is 17.9 Å². The van der Waals surface area contributed by atoms with Gasteiger partial charge in [-0.1, -0.05) is 18.2 Å². The normalized spacial score (nSPS) is 19.2. The van der Waals surface area contributed by atoms with Crippen molar-refractivity contribution in [1.29, 1.82) is 0 Å². The zero-order chi connectivity index (χ0) is 19.7. The van der Waals surface area contributed by atoms with Gasteiger partial charge in [0.2, 0.25) is 0 Å². The summed E-state index contributed by atoms with van der Waals surface area (Å²) in [6, 6.07) is 13.1. The highest BCUT2D eigenvalue weighted by Gasteiger charge is 2.36. The molecule has 2 heterocycles. The van der Waals surface area contributed by atoms with Crippen LogP contribution < -0.4 is 9.47 Å². The highest BCUT2D eigenvalue weighted by molar-refractivity contribution is 6.21. The number of fused-ring (bicyclic) bond motifs is 1. The Morgan fingerprint density at radius 2 is 1.68 bits per heavy atom. The van der Waals surface area contributed by atoms with Crippen molar-refractivity contribution in [3.8, 4) is 11.5 Å². The number of methoxy groups -OCH3 is 2. The molecule has 146 valence electrons. The summed E-state index contributed by atoms with van der Waals surface area (Å²) in [5, 5.41) is 0. The molecule has 2 aromatic carbocycles. The van der Waals surface area contributed by atoms with Gasteiger partial charge in [0.1, 0.15) is 11.5 Å². The molecule has 0 saturated carbocycles. The van der Waals surface area contributed by atoms with Gasteiger partial charge < -0.3 is 9.47 Å². The fraction of sp³-hybridized carbons (Fsp3) is 0.364. The van der Waals surface area contributed by atoms with Crippen molar-refractivity contribution in [3.63, 3.8) is 0 Å². The molecule has 0 aliphatic carbocycles. The molecule has 6 heteroatoms. The van der Waals surface area contributed by atoms with Crippen molar-refractivity contribution in [1.82, 2.24) is 9.80 Å². The average Bonchev–Trinajstić information content (AvgIpc) is 3.29. The first-order chi connectivity index (χ1) is 13.6. The third kappa shape index (κ3) is 3.14. The number of imide groups is 1. The second kappa shape index (κ2) is 7.64. The Bertz CT molecular complexity index is 876. The molecule has 28 heavy (non-hydrogen) atoms. The Labute approximate surface area is 164 Å². The van der Waals surface area contributed by atoms with E-state index in [0.29, 0.717) is 24.2 Å². The minimum atomic E-state index is -0.196. The molecular weight excluding hydrogens is 356 g/mol. The fourth-order valence-electron chi connectivity index (χ4n) is 4.21. The lowest BCUT2D eigenvalue weighted by atomic mass is 10.0. The number of benzene rings is 2. The molecule has 2 aliphatic heterocycles. The van der Waals surface area contributed by atoms with E-state index in [0.717, 1.165) is 36.4 Å². The van der Waals surface area contributed by atoms with Crippen LogP contribution in [0.15, 0.2) is 42.5 Å². The zero-order valence-electron chi connectivity index (χ0n) is 16.2. The van der Waals surface area contributed by atoms with Gasteiger partial charge in [0.25, 0.3) is 11.8 Å². The van der Waals surface area contributed by atoms with Gasteiger partial charge in [0.15, 0.2) is 0 Å². The molecule has 4 rings (SSSR count). The minimum absolute atomic E-state index is 0.196. The van der Waals surface area contributed by atoms with Crippen molar-refractivity contribution >= 4 is 11.8 Å². The Hall–Kier alpha value is -2.86. The number of ether oxygens (including phenoxy) is 2. The van der Waals surface area contributed by atoms with Gasteiger partial charge in [-0.25, -0.2) is 0 Å². The molecule has 1 saturated heterocycles. The fourth-order valence-corrected chi connectivity index (χ4v) is 4.21. The molecule has 2 amide bonds. The third-order valence-electron chi connectivity index (χ3n) is 5.65. The van der Waals surface area contributed by atoms with Crippen LogP contribution in [0.5, 0.6) is 11.5 Å². The maximum Gasteiger partial charge on any atom is 0.261 e. The van der Waals surface area contributed by atoms with E-state index in [2.05, 4.69) is 4.90 Å². The molecule has 1 atom stereocenters. The summed E-state index contributed by atoms with van der Waals surface area (Å²) in [4.78, 5) is 28.9. The van der Waals surface area contributed by atoms with Crippen molar-refractivity contribution < 1.29 is 19.1 Å². The van der Waals surface area contributed by atoms with Crippen LogP contribution >= 0.6 is 0 Å². The first-order valence-corrected chi connectivity index (χ1v) is 9.55. The molecule has 0 bridgehead atoms. The van der Waals surface area contributed by atoms with Gasteiger partial charge in [-0.05, 0) is 37.6 Å². The quantitative estimate of drug-likeness (QED) is 0.721. The first-order valence-electron chi connectivity index (χ1n) is 9.55. The monoisotopic (exact) mass is 380 g/mol. The number of amides is 2. The van der Waals surface area contributed by atoms with Crippen LogP contribution in [0.4, 0.5) is 0 Å². The van der Waals surface area contributed by atoms with E-state index < -0.39 is 0 Å². The van der Waals surface area contributed by atoms with E-state index in [1.54, 1.807) is 38.5 Å². The van der Waals surface area contributed by atoms with Gasteiger partial charge >= 0.3 is 0 Å². The summed E-state index contributed by atoms with van der Waals surface area (Å²) in [5.41, 5.74) is 2.12. The minimum Gasteiger partial charge on any atom is -0.497 e. The highest BCUT2D eigenvalue weighted by atomic mass is 16.5. The SMILES string of the molecule is COc1ccc(C2CCCN2CCN2C(=O)c3ccccc3C2=O)c(OC)c1. The van der Waals surface area contributed by atoms with Gasteiger partial charge in [-0.15, -0.1) is 0 Å². The molecular formula is C22H24N2O4. The number of hydrogen-bond acceptors (Lipinski definition) is 5. The van der Waals surface area contributed by atoms with Crippen LogP contribution in [0.3, 0.4) is 0 Å². The first kappa shape index (κ1) is 18.5. The van der Waals surface area contributed by atoms with E-state index in [4.69, 9.17) is 9.47 Å². The maximum absolute atomic E-state index is 12.6. The number of carbonyl (C=O) groups is 2. The Morgan fingerprint density at radius 1 is 0.964 bits per heavy atom. The topological polar surface area (TPSA) is 59.1 Å². The molecule has 1 unspecified atom stereocenters. The van der Waals surface area contributed by atoms with Crippen LogP contribution in [0.25, 0.3) is 0 Å². The van der Waals surface area contributed by atoms with Crippen LogP contribution in [0.1, 0.15) is 45.2 Å². The number of rotatable bonds is 6. The second-order valence-electron chi connectivity index (χ2n) is 7.11. The zero-order valence-corrected chi connectivity index (χ0v) is 16.2. The summed E-state index contributed by atoms with van der Waals surface area (Å²) >= 11 is 0. The lowest BCUT2D eigenvalue weighted by molar-refractivity contribution is 0.0632. The molecule has 0 aromatic heterocycles. The summed E-state index contributed by atoms with van der Waals surface area (Å²) < 4.78 is 10.9. The lowest BCUT2D eigenvalue weighted by Gasteiger charge is -2.27. The third-order valence-corrected chi connectivity index (χ3v) is 5.65. The maximum atomic E-state index is 12.6. The molecule has 0 spiro atoms. The second-order valence-corrected chi connectivity index (χ2v) is 7.11. The van der Waals surface area contributed by atoms with Gasteiger partial charge in [-0.3, -0.25) is 19.4 Å². The molecule has 2 aliphatic rings. The van der Waals surface area contributed by atoms with Gasteiger partial charge in [-0.2, -0.15) is 0 Å². The average molecular weight is 380 g/mol. The summed E-state index contributed by atoms with van der Waals surface area (Å²) in [7, 11) is 3.30. The molecule has 0 radical (unpaired) electrons. The molecule has 0 N–H and O–H groups in total. The number of hydrogen-bond donors (Lipinski definition) is 0. The number of carbonyl (C=O) groups excluding carboxylic acids is 2. The predicted molar refractivity (Wildman–Crippen MR) is 105 cm³/mol. The highest BCUT2D eigenvalue weighted by Crippen LogP contribution is 2.38. The van der Waals surface area contributed by atoms with Crippen molar-refractivity contribution in [3.05, 3.63) is 59.2 Å². The Morgan fingerprint density at radius 3 is 2.32 bits per heavy atom.